The van der Waals surface area contributed by atoms with Gasteiger partial charge >= 0.3 is 0 Å². The Hall–Kier alpha value is -1.18. The van der Waals surface area contributed by atoms with E-state index in [0.29, 0.717) is 5.56 Å². The molecule has 0 amide bonds. The van der Waals surface area contributed by atoms with Crippen LogP contribution in [0.25, 0.3) is 0 Å². The molecule has 0 aliphatic heterocycles. The first-order chi connectivity index (χ1) is 5.33. The molecule has 1 heterocycles. The van der Waals surface area contributed by atoms with Gasteiger partial charge in [0.05, 0.1) is 0 Å². The van der Waals surface area contributed by atoms with Gasteiger partial charge in [-0.3, -0.25) is 9.78 Å². The van der Waals surface area contributed by atoms with E-state index in [0.717, 1.165) is 12.0 Å². The topological polar surface area (TPSA) is 30.0 Å². The van der Waals surface area contributed by atoms with E-state index in [-0.39, 0.29) is 0 Å². The van der Waals surface area contributed by atoms with Crippen LogP contribution in [-0.4, -0.2) is 11.3 Å². The molecule has 0 radical (unpaired) electrons. The van der Waals surface area contributed by atoms with Crippen LogP contribution < -0.4 is 0 Å². The van der Waals surface area contributed by atoms with Crippen LogP contribution in [0.15, 0.2) is 18.3 Å². The van der Waals surface area contributed by atoms with Crippen LogP contribution in [0, 0.1) is 6.92 Å². The third-order valence-corrected chi connectivity index (χ3v) is 1.06. The summed E-state index contributed by atoms with van der Waals surface area (Å²) in [5.74, 6) is 0. The molecule has 0 unspecified atom stereocenters. The molecule has 60 valence electrons. The summed E-state index contributed by atoms with van der Waals surface area (Å²) in [6.07, 6.45) is 2.44. The second kappa shape index (κ2) is 5.59. The molecule has 1 rings (SSSR count). The van der Waals surface area contributed by atoms with Crippen molar-refractivity contribution in [2.75, 3.05) is 0 Å². The highest BCUT2D eigenvalue weighted by atomic mass is 16.1. The number of carbonyl (C=O) groups excluding carboxylic acids is 1. The van der Waals surface area contributed by atoms with Gasteiger partial charge in [0, 0.05) is 17.5 Å². The molecule has 0 aliphatic carbocycles. The molecule has 0 atom stereocenters. The van der Waals surface area contributed by atoms with Crippen molar-refractivity contribution >= 4 is 6.29 Å². The molecule has 0 aliphatic rings. The molecule has 0 N–H and O–H groups in total. The summed E-state index contributed by atoms with van der Waals surface area (Å²) in [6.45, 7) is 5.85. The van der Waals surface area contributed by atoms with Gasteiger partial charge in [0.1, 0.15) is 6.29 Å². The Labute approximate surface area is 67.3 Å². The van der Waals surface area contributed by atoms with Crippen molar-refractivity contribution in [1.82, 2.24) is 4.98 Å². The van der Waals surface area contributed by atoms with Crippen molar-refractivity contribution in [3.05, 3.63) is 29.6 Å². The molecule has 0 saturated carbocycles. The first-order valence-corrected chi connectivity index (χ1v) is 3.71. The summed E-state index contributed by atoms with van der Waals surface area (Å²) in [5.41, 5.74) is 1.56. The highest BCUT2D eigenvalue weighted by Crippen LogP contribution is 1.95. The van der Waals surface area contributed by atoms with E-state index in [1.54, 1.807) is 18.3 Å². The Morgan fingerprint density at radius 1 is 1.45 bits per heavy atom. The van der Waals surface area contributed by atoms with E-state index >= 15 is 0 Å². The minimum atomic E-state index is 0.683. The highest BCUT2D eigenvalue weighted by molar-refractivity contribution is 5.74. The lowest BCUT2D eigenvalue weighted by Gasteiger charge is -1.89. The quantitative estimate of drug-likeness (QED) is 0.576. The number of pyridine rings is 1. The van der Waals surface area contributed by atoms with Crippen molar-refractivity contribution in [3.8, 4) is 0 Å². The van der Waals surface area contributed by atoms with Crippen LogP contribution in [0.1, 0.15) is 29.9 Å². The van der Waals surface area contributed by atoms with Crippen LogP contribution in [0.2, 0.25) is 0 Å². The van der Waals surface area contributed by atoms with E-state index in [1.165, 1.54) is 0 Å². The molecule has 0 fully saturated rings. The number of aromatic nitrogens is 1. The fourth-order valence-corrected chi connectivity index (χ4v) is 0.641. The van der Waals surface area contributed by atoms with Gasteiger partial charge in [0.15, 0.2) is 0 Å². The first-order valence-electron chi connectivity index (χ1n) is 3.71. The zero-order valence-electron chi connectivity index (χ0n) is 7.16. The maximum absolute atomic E-state index is 10.1. The Bertz CT molecular complexity index is 221. The molecule has 11 heavy (non-hydrogen) atoms. The lowest BCUT2D eigenvalue weighted by Crippen LogP contribution is -1.83. The van der Waals surface area contributed by atoms with Crippen LogP contribution >= 0.6 is 0 Å². The first kappa shape index (κ1) is 9.82. The molecule has 2 heteroatoms. The van der Waals surface area contributed by atoms with E-state index in [4.69, 9.17) is 0 Å². The van der Waals surface area contributed by atoms with E-state index < -0.39 is 0 Å². The van der Waals surface area contributed by atoms with Crippen LogP contribution in [0.4, 0.5) is 0 Å². The molecule has 0 spiro atoms. The van der Waals surface area contributed by atoms with Crippen LogP contribution in [0.3, 0.4) is 0 Å². The minimum absolute atomic E-state index is 0.683. The maximum atomic E-state index is 10.1. The van der Waals surface area contributed by atoms with Gasteiger partial charge in [0.25, 0.3) is 0 Å². The highest BCUT2D eigenvalue weighted by Gasteiger charge is 1.87. The number of rotatable bonds is 1. The Kier molecular flexibility index (Phi) is 4.99. The third kappa shape index (κ3) is 3.50. The standard InChI is InChI=1S/C7H7NO.C2H6/c1-6-4-7(5-9)2-3-8-6;1-2/h2-5H,1H3;1-2H3. The Balaban J connectivity index is 0.000000461. The molecule has 1 aromatic rings. The van der Waals surface area contributed by atoms with Gasteiger partial charge in [-0.2, -0.15) is 0 Å². The fraction of sp³-hybridized carbons (Fsp3) is 0.333. The summed E-state index contributed by atoms with van der Waals surface area (Å²) in [5, 5.41) is 0. The van der Waals surface area contributed by atoms with E-state index in [9.17, 15) is 4.79 Å². The molecule has 2 nitrogen and oxygen atoms in total. The molecule has 0 saturated heterocycles. The molecule has 0 aromatic carbocycles. The fourth-order valence-electron chi connectivity index (χ4n) is 0.641. The number of hydrogen-bond acceptors (Lipinski definition) is 2. The monoisotopic (exact) mass is 151 g/mol. The van der Waals surface area contributed by atoms with Crippen molar-refractivity contribution < 1.29 is 4.79 Å². The van der Waals surface area contributed by atoms with Crippen molar-refractivity contribution in [1.29, 1.82) is 0 Å². The van der Waals surface area contributed by atoms with Gasteiger partial charge in [-0.15, -0.1) is 0 Å². The molecular weight excluding hydrogens is 138 g/mol. The number of nitrogens with zero attached hydrogens (tertiary/aromatic N) is 1. The van der Waals surface area contributed by atoms with Crippen molar-refractivity contribution in [3.63, 3.8) is 0 Å². The molecule has 0 bridgehead atoms. The summed E-state index contributed by atoms with van der Waals surface area (Å²) in [4.78, 5) is 14.1. The summed E-state index contributed by atoms with van der Waals surface area (Å²) in [7, 11) is 0. The molecule has 1 aromatic heterocycles. The zero-order valence-corrected chi connectivity index (χ0v) is 7.16. The number of carbonyl (C=O) groups is 1. The maximum Gasteiger partial charge on any atom is 0.150 e. The second-order valence-electron chi connectivity index (χ2n) is 1.85. The number of aldehydes is 1. The van der Waals surface area contributed by atoms with E-state index in [2.05, 4.69) is 4.98 Å². The van der Waals surface area contributed by atoms with Crippen molar-refractivity contribution in [2.45, 2.75) is 20.8 Å². The lowest BCUT2D eigenvalue weighted by molar-refractivity contribution is 0.112. The largest absolute Gasteiger partial charge is 0.298 e. The minimum Gasteiger partial charge on any atom is -0.298 e. The van der Waals surface area contributed by atoms with Gasteiger partial charge in [-0.1, -0.05) is 13.8 Å². The SMILES string of the molecule is CC.Cc1cc(C=O)ccn1. The number of hydrogen-bond donors (Lipinski definition) is 0. The smallest absolute Gasteiger partial charge is 0.150 e. The average molecular weight is 151 g/mol. The normalized spacial score (nSPS) is 7.91. The summed E-state index contributed by atoms with van der Waals surface area (Å²) < 4.78 is 0. The zero-order chi connectivity index (χ0) is 8.69. The van der Waals surface area contributed by atoms with Gasteiger partial charge in [-0.05, 0) is 19.1 Å². The van der Waals surface area contributed by atoms with Gasteiger partial charge in [0.2, 0.25) is 0 Å². The van der Waals surface area contributed by atoms with Gasteiger partial charge in [-0.25, -0.2) is 0 Å². The van der Waals surface area contributed by atoms with Crippen molar-refractivity contribution in [2.24, 2.45) is 0 Å². The average Bonchev–Trinajstić information content (AvgIpc) is 2.08. The predicted molar refractivity (Wildman–Crippen MR) is 45.7 cm³/mol. The summed E-state index contributed by atoms with van der Waals surface area (Å²) >= 11 is 0. The van der Waals surface area contributed by atoms with Crippen LogP contribution in [-0.2, 0) is 0 Å². The Morgan fingerprint density at radius 3 is 2.45 bits per heavy atom. The third-order valence-electron chi connectivity index (χ3n) is 1.06. The van der Waals surface area contributed by atoms with E-state index in [1.807, 2.05) is 20.8 Å². The van der Waals surface area contributed by atoms with Crippen LogP contribution in [0.5, 0.6) is 0 Å². The summed E-state index contributed by atoms with van der Waals surface area (Å²) in [6, 6.07) is 3.42. The second-order valence-corrected chi connectivity index (χ2v) is 1.85. The Morgan fingerprint density at radius 2 is 2.09 bits per heavy atom. The van der Waals surface area contributed by atoms with Gasteiger partial charge < -0.3 is 0 Å². The predicted octanol–water partition coefficient (Wildman–Crippen LogP) is 2.23. The molecular formula is C9H13NO. The number of aryl methyl sites for hydroxylation is 1. The lowest BCUT2D eigenvalue weighted by atomic mass is 10.2.